The summed E-state index contributed by atoms with van der Waals surface area (Å²) in [6.45, 7) is 5.66. The average molecular weight is 276 g/mol. The van der Waals surface area contributed by atoms with Crippen LogP contribution in [0.4, 0.5) is 0 Å². The summed E-state index contributed by atoms with van der Waals surface area (Å²) in [5.74, 6) is 0.387. The summed E-state index contributed by atoms with van der Waals surface area (Å²) in [6.07, 6.45) is 2.68. The molecule has 0 amide bonds. The Labute approximate surface area is 107 Å². The van der Waals surface area contributed by atoms with Crippen molar-refractivity contribution in [2.75, 3.05) is 11.5 Å². The van der Waals surface area contributed by atoms with Gasteiger partial charge in [0.1, 0.15) is 5.01 Å². The Hall–Kier alpha value is -0.460. The van der Waals surface area contributed by atoms with Gasteiger partial charge in [0.25, 0.3) is 0 Å². The molecule has 0 aliphatic carbocycles. The van der Waals surface area contributed by atoms with Crippen LogP contribution in [-0.2, 0) is 9.84 Å². The predicted molar refractivity (Wildman–Crippen MR) is 72.1 cm³/mol. The van der Waals surface area contributed by atoms with Crippen LogP contribution in [0.15, 0.2) is 11.6 Å². The van der Waals surface area contributed by atoms with E-state index in [1.165, 1.54) is 0 Å². The van der Waals surface area contributed by atoms with Crippen LogP contribution in [0.1, 0.15) is 38.2 Å². The molecule has 17 heavy (non-hydrogen) atoms. The molecular weight excluding hydrogens is 256 g/mol. The van der Waals surface area contributed by atoms with E-state index < -0.39 is 9.84 Å². The highest BCUT2D eigenvalue weighted by Gasteiger charge is 2.18. The molecule has 0 saturated heterocycles. The van der Waals surface area contributed by atoms with Gasteiger partial charge in [-0.05, 0) is 13.3 Å². The molecule has 4 nitrogen and oxygen atoms in total. The Morgan fingerprint density at radius 1 is 1.47 bits per heavy atom. The molecule has 98 valence electrons. The third-order valence-corrected chi connectivity index (χ3v) is 5.36. The van der Waals surface area contributed by atoms with Gasteiger partial charge in [-0.3, -0.25) is 0 Å². The topological polar surface area (TPSA) is 59.1 Å². The van der Waals surface area contributed by atoms with Crippen LogP contribution in [0, 0.1) is 0 Å². The first-order valence-electron chi connectivity index (χ1n) is 5.84. The number of hydrogen-bond donors (Lipinski definition) is 1. The van der Waals surface area contributed by atoms with E-state index in [0.717, 1.165) is 11.4 Å². The lowest BCUT2D eigenvalue weighted by atomic mass is 10.2. The zero-order chi connectivity index (χ0) is 12.9. The molecule has 1 N–H and O–H groups in total. The van der Waals surface area contributed by atoms with E-state index in [4.69, 9.17) is 0 Å². The molecule has 0 radical (unpaired) electrons. The van der Waals surface area contributed by atoms with Crippen LogP contribution in [0.5, 0.6) is 0 Å². The van der Waals surface area contributed by atoms with E-state index in [2.05, 4.69) is 17.2 Å². The van der Waals surface area contributed by atoms with Crippen LogP contribution >= 0.6 is 11.3 Å². The van der Waals surface area contributed by atoms with Crippen molar-refractivity contribution >= 4 is 21.2 Å². The molecule has 0 saturated carbocycles. The summed E-state index contributed by atoms with van der Waals surface area (Å²) >= 11 is 1.60. The Kier molecular flexibility index (Phi) is 5.55. The summed E-state index contributed by atoms with van der Waals surface area (Å²) in [5, 5.41) is 6.29. The number of thiazole rings is 1. The minimum Gasteiger partial charge on any atom is -0.304 e. The first kappa shape index (κ1) is 14.6. The summed E-state index contributed by atoms with van der Waals surface area (Å²) in [4.78, 5) is 4.26. The lowest BCUT2D eigenvalue weighted by Gasteiger charge is -2.20. The molecule has 1 aromatic heterocycles. The van der Waals surface area contributed by atoms with E-state index in [-0.39, 0.29) is 23.6 Å². The van der Waals surface area contributed by atoms with E-state index in [1.54, 1.807) is 24.5 Å². The summed E-state index contributed by atoms with van der Waals surface area (Å²) < 4.78 is 23.0. The second kappa shape index (κ2) is 6.47. The first-order valence-corrected chi connectivity index (χ1v) is 8.54. The van der Waals surface area contributed by atoms with Crippen molar-refractivity contribution in [2.24, 2.45) is 0 Å². The molecule has 0 aromatic carbocycles. The van der Waals surface area contributed by atoms with E-state index in [0.29, 0.717) is 0 Å². The molecule has 1 heterocycles. The average Bonchev–Trinajstić information content (AvgIpc) is 2.78. The third kappa shape index (κ3) is 4.73. The van der Waals surface area contributed by atoms with Crippen molar-refractivity contribution < 1.29 is 8.42 Å². The van der Waals surface area contributed by atoms with Crippen molar-refractivity contribution in [2.45, 2.75) is 39.3 Å². The fraction of sp³-hybridized carbons (Fsp3) is 0.727. The molecule has 2 unspecified atom stereocenters. The van der Waals surface area contributed by atoms with Crippen molar-refractivity contribution in [3.05, 3.63) is 16.6 Å². The van der Waals surface area contributed by atoms with Crippen molar-refractivity contribution in [1.82, 2.24) is 10.3 Å². The van der Waals surface area contributed by atoms with Gasteiger partial charge in [0.15, 0.2) is 9.84 Å². The van der Waals surface area contributed by atoms with Gasteiger partial charge in [0.2, 0.25) is 0 Å². The maximum Gasteiger partial charge on any atom is 0.151 e. The minimum atomic E-state index is -2.92. The lowest BCUT2D eigenvalue weighted by molar-refractivity contribution is 0.462. The van der Waals surface area contributed by atoms with Gasteiger partial charge >= 0.3 is 0 Å². The van der Waals surface area contributed by atoms with Crippen molar-refractivity contribution in [1.29, 1.82) is 0 Å². The number of sulfone groups is 1. The zero-order valence-electron chi connectivity index (χ0n) is 10.5. The Morgan fingerprint density at radius 2 is 2.18 bits per heavy atom. The number of aromatic nitrogens is 1. The number of nitrogens with one attached hydrogen (secondary N) is 1. The van der Waals surface area contributed by atoms with Gasteiger partial charge < -0.3 is 5.32 Å². The monoisotopic (exact) mass is 276 g/mol. The van der Waals surface area contributed by atoms with Gasteiger partial charge in [0.05, 0.1) is 11.8 Å². The molecule has 1 rings (SSSR count). The molecule has 0 aliphatic heterocycles. The molecule has 2 atom stereocenters. The number of rotatable bonds is 7. The Morgan fingerprint density at radius 3 is 2.65 bits per heavy atom. The maximum absolute atomic E-state index is 11.5. The van der Waals surface area contributed by atoms with Crippen molar-refractivity contribution in [3.63, 3.8) is 0 Å². The van der Waals surface area contributed by atoms with Gasteiger partial charge in [0, 0.05) is 23.4 Å². The molecule has 0 bridgehead atoms. The van der Waals surface area contributed by atoms with Crippen LogP contribution in [-0.4, -0.2) is 30.9 Å². The second-order valence-corrected chi connectivity index (χ2v) is 7.42. The SMILES string of the molecule is CCC(NC(C)CS(=O)(=O)CC)c1nccs1. The number of hydrogen-bond acceptors (Lipinski definition) is 5. The highest BCUT2D eigenvalue weighted by atomic mass is 32.2. The maximum atomic E-state index is 11.5. The quantitative estimate of drug-likeness (QED) is 0.827. The summed E-state index contributed by atoms with van der Waals surface area (Å²) in [7, 11) is -2.92. The normalized spacial score (nSPS) is 15.7. The third-order valence-electron chi connectivity index (χ3n) is 2.59. The molecule has 1 aromatic rings. The van der Waals surface area contributed by atoms with Gasteiger partial charge in [-0.25, -0.2) is 13.4 Å². The largest absolute Gasteiger partial charge is 0.304 e. The van der Waals surface area contributed by atoms with Gasteiger partial charge in [-0.15, -0.1) is 11.3 Å². The smallest absolute Gasteiger partial charge is 0.151 e. The first-order chi connectivity index (χ1) is 7.98. The lowest BCUT2D eigenvalue weighted by Crippen LogP contribution is -2.36. The van der Waals surface area contributed by atoms with E-state index >= 15 is 0 Å². The molecule has 6 heteroatoms. The molecule has 0 fully saturated rings. The van der Waals surface area contributed by atoms with Crippen LogP contribution in [0.25, 0.3) is 0 Å². The fourth-order valence-corrected chi connectivity index (χ4v) is 3.54. The number of nitrogens with zero attached hydrogens (tertiary/aromatic N) is 1. The van der Waals surface area contributed by atoms with Crippen molar-refractivity contribution in [3.8, 4) is 0 Å². The van der Waals surface area contributed by atoms with Crippen LogP contribution < -0.4 is 5.32 Å². The van der Waals surface area contributed by atoms with Gasteiger partial charge in [-0.1, -0.05) is 13.8 Å². The minimum absolute atomic E-state index is 0.0474. The summed E-state index contributed by atoms with van der Waals surface area (Å²) in [6, 6.07) is 0.103. The Balaban J connectivity index is 2.58. The predicted octanol–water partition coefficient (Wildman–Crippen LogP) is 2.01. The standard InChI is InChI=1S/C11H20N2O2S2/c1-4-10(11-12-6-7-16-11)13-9(3)8-17(14,15)5-2/h6-7,9-10,13H,4-5,8H2,1-3H3. The van der Waals surface area contributed by atoms with E-state index in [1.807, 2.05) is 12.3 Å². The second-order valence-electron chi connectivity index (χ2n) is 4.10. The molecule has 0 spiro atoms. The highest BCUT2D eigenvalue weighted by molar-refractivity contribution is 7.91. The zero-order valence-corrected chi connectivity index (χ0v) is 12.1. The summed E-state index contributed by atoms with van der Waals surface area (Å²) in [5.41, 5.74) is 0. The molecule has 0 aliphatic rings. The Bertz CT molecular complexity index is 415. The fourth-order valence-electron chi connectivity index (χ4n) is 1.66. The highest BCUT2D eigenvalue weighted by Crippen LogP contribution is 2.19. The van der Waals surface area contributed by atoms with Crippen LogP contribution in [0.2, 0.25) is 0 Å². The van der Waals surface area contributed by atoms with Crippen LogP contribution in [0.3, 0.4) is 0 Å². The molecular formula is C11H20N2O2S2. The van der Waals surface area contributed by atoms with E-state index in [9.17, 15) is 8.42 Å². The van der Waals surface area contributed by atoms with Gasteiger partial charge in [-0.2, -0.15) is 0 Å².